The Morgan fingerprint density at radius 2 is 2.31 bits per heavy atom. The van der Waals surface area contributed by atoms with Crippen LogP contribution in [0.1, 0.15) is 11.6 Å². The Morgan fingerprint density at radius 1 is 1.50 bits per heavy atom. The molecule has 0 unspecified atom stereocenters. The summed E-state index contributed by atoms with van der Waals surface area (Å²) in [6.07, 6.45) is 0. The van der Waals surface area contributed by atoms with E-state index in [1.54, 1.807) is 12.1 Å². The average molecular weight is 248 g/mol. The van der Waals surface area contributed by atoms with Gasteiger partial charge in [0.15, 0.2) is 11.6 Å². The molecule has 1 heterocycles. The summed E-state index contributed by atoms with van der Waals surface area (Å²) in [4.78, 5) is 0. The first-order valence-electron chi connectivity index (χ1n) is 4.96. The molecule has 1 aliphatic rings. The Morgan fingerprint density at radius 3 is 2.94 bits per heavy atom. The summed E-state index contributed by atoms with van der Waals surface area (Å²) in [7, 11) is 1.47. The second-order valence-corrected chi connectivity index (χ2v) is 3.48. The molecule has 0 amide bonds. The van der Waals surface area contributed by atoms with Gasteiger partial charge in [0.1, 0.15) is 0 Å². The van der Waals surface area contributed by atoms with Gasteiger partial charge in [-0.1, -0.05) is 6.07 Å². The number of rotatable bonds is 2. The van der Waals surface area contributed by atoms with Crippen molar-refractivity contribution in [2.24, 2.45) is 0 Å². The van der Waals surface area contributed by atoms with Crippen molar-refractivity contribution in [3.05, 3.63) is 29.6 Å². The van der Waals surface area contributed by atoms with Crippen molar-refractivity contribution in [3.8, 4) is 5.75 Å². The summed E-state index contributed by atoms with van der Waals surface area (Å²) >= 11 is 0. The zero-order valence-electron chi connectivity index (χ0n) is 9.03. The van der Waals surface area contributed by atoms with Crippen molar-refractivity contribution in [3.63, 3.8) is 0 Å². The third-order valence-electron chi connectivity index (χ3n) is 2.50. The highest BCUT2D eigenvalue weighted by atomic mass is 35.5. The fraction of sp³-hybridized carbons (Fsp3) is 0.455. The lowest BCUT2D eigenvalue weighted by Crippen LogP contribution is -2.34. The number of hydrogen-bond donors (Lipinski definition) is 1. The predicted molar refractivity (Wildman–Crippen MR) is 61.8 cm³/mol. The van der Waals surface area contributed by atoms with E-state index in [1.807, 2.05) is 0 Å². The van der Waals surface area contributed by atoms with E-state index in [4.69, 9.17) is 9.47 Å². The minimum Gasteiger partial charge on any atom is -0.494 e. The fourth-order valence-electron chi connectivity index (χ4n) is 1.67. The normalized spacial score (nSPS) is 20.0. The molecule has 1 fully saturated rings. The summed E-state index contributed by atoms with van der Waals surface area (Å²) in [5, 5.41) is 3.30. The van der Waals surface area contributed by atoms with Crippen molar-refractivity contribution in [1.82, 2.24) is 5.32 Å². The molecule has 2 rings (SSSR count). The van der Waals surface area contributed by atoms with Gasteiger partial charge in [0.25, 0.3) is 0 Å². The third kappa shape index (κ3) is 2.84. The predicted octanol–water partition coefficient (Wildman–Crippen LogP) is 1.92. The molecular formula is C11H15ClFNO2. The van der Waals surface area contributed by atoms with Gasteiger partial charge >= 0.3 is 0 Å². The van der Waals surface area contributed by atoms with Crippen LogP contribution in [0, 0.1) is 5.82 Å². The van der Waals surface area contributed by atoms with Crippen LogP contribution >= 0.6 is 12.4 Å². The second kappa shape index (κ2) is 6.03. The van der Waals surface area contributed by atoms with Gasteiger partial charge in [0.2, 0.25) is 0 Å². The molecular weight excluding hydrogens is 233 g/mol. The van der Waals surface area contributed by atoms with E-state index in [2.05, 4.69) is 5.32 Å². The van der Waals surface area contributed by atoms with Gasteiger partial charge in [-0.3, -0.25) is 0 Å². The molecule has 1 atom stereocenters. The molecule has 90 valence electrons. The minimum absolute atomic E-state index is 0. The van der Waals surface area contributed by atoms with Crippen molar-refractivity contribution in [1.29, 1.82) is 0 Å². The summed E-state index contributed by atoms with van der Waals surface area (Å²) < 4.78 is 23.4. The van der Waals surface area contributed by atoms with Crippen molar-refractivity contribution in [2.45, 2.75) is 6.04 Å². The Kier molecular flexibility index (Phi) is 4.99. The van der Waals surface area contributed by atoms with Gasteiger partial charge in [0, 0.05) is 6.54 Å². The van der Waals surface area contributed by atoms with Gasteiger partial charge in [0.05, 0.1) is 26.4 Å². The lowest BCUT2D eigenvalue weighted by Gasteiger charge is -2.24. The molecule has 0 aliphatic carbocycles. The van der Waals surface area contributed by atoms with E-state index in [0.29, 0.717) is 6.61 Å². The Labute approximate surface area is 100 Å². The molecule has 0 spiro atoms. The van der Waals surface area contributed by atoms with Crippen LogP contribution in [-0.2, 0) is 4.74 Å². The highest BCUT2D eigenvalue weighted by Crippen LogP contribution is 2.23. The quantitative estimate of drug-likeness (QED) is 0.866. The molecule has 1 N–H and O–H groups in total. The van der Waals surface area contributed by atoms with E-state index < -0.39 is 0 Å². The zero-order valence-corrected chi connectivity index (χ0v) is 9.85. The van der Waals surface area contributed by atoms with Crippen LogP contribution in [0.5, 0.6) is 5.75 Å². The number of halogens is 2. The number of hydrogen-bond acceptors (Lipinski definition) is 3. The molecule has 5 heteroatoms. The molecule has 1 aromatic carbocycles. The van der Waals surface area contributed by atoms with Crippen molar-refractivity contribution < 1.29 is 13.9 Å². The van der Waals surface area contributed by atoms with Crippen LogP contribution in [0.2, 0.25) is 0 Å². The molecule has 0 saturated carbocycles. The van der Waals surface area contributed by atoms with Gasteiger partial charge < -0.3 is 14.8 Å². The Bertz CT molecular complexity index is 343. The first kappa shape index (κ1) is 13.2. The maximum absolute atomic E-state index is 13.2. The van der Waals surface area contributed by atoms with Crippen LogP contribution in [0.4, 0.5) is 4.39 Å². The van der Waals surface area contributed by atoms with Crippen LogP contribution in [0.3, 0.4) is 0 Å². The number of nitrogens with one attached hydrogen (secondary N) is 1. The molecule has 0 bridgehead atoms. The van der Waals surface area contributed by atoms with E-state index in [0.717, 1.165) is 18.7 Å². The number of methoxy groups -OCH3 is 1. The molecule has 16 heavy (non-hydrogen) atoms. The maximum Gasteiger partial charge on any atom is 0.165 e. The van der Waals surface area contributed by atoms with Crippen LogP contribution in [0.25, 0.3) is 0 Å². The monoisotopic (exact) mass is 247 g/mol. The second-order valence-electron chi connectivity index (χ2n) is 3.48. The summed E-state index contributed by atoms with van der Waals surface area (Å²) in [6.45, 7) is 2.17. The summed E-state index contributed by atoms with van der Waals surface area (Å²) in [6, 6.07) is 5.02. The fourth-order valence-corrected chi connectivity index (χ4v) is 1.67. The van der Waals surface area contributed by atoms with Crippen molar-refractivity contribution in [2.75, 3.05) is 26.9 Å². The highest BCUT2D eigenvalue weighted by molar-refractivity contribution is 5.85. The zero-order chi connectivity index (χ0) is 10.7. The Hall–Kier alpha value is -0.840. The molecule has 1 aromatic rings. The minimum atomic E-state index is -0.335. The summed E-state index contributed by atoms with van der Waals surface area (Å²) in [5.74, 6) is -0.0575. The lowest BCUT2D eigenvalue weighted by molar-refractivity contribution is 0.0768. The van der Waals surface area contributed by atoms with Crippen LogP contribution in [-0.4, -0.2) is 26.9 Å². The van der Waals surface area contributed by atoms with Crippen molar-refractivity contribution >= 4 is 12.4 Å². The topological polar surface area (TPSA) is 30.5 Å². The third-order valence-corrected chi connectivity index (χ3v) is 2.50. The standard InChI is InChI=1S/C11H14FNO2.ClH/c1-14-11-6-8(2-3-9(11)12)10-7-15-5-4-13-10;/h2-3,6,10,13H,4-5,7H2,1H3;1H/t10-;/m0./s1. The van der Waals surface area contributed by atoms with Crippen LogP contribution < -0.4 is 10.1 Å². The molecule has 3 nitrogen and oxygen atoms in total. The number of benzene rings is 1. The van der Waals surface area contributed by atoms with Gasteiger partial charge in [-0.15, -0.1) is 12.4 Å². The molecule has 1 saturated heterocycles. The number of ether oxygens (including phenoxy) is 2. The smallest absolute Gasteiger partial charge is 0.165 e. The van der Waals surface area contributed by atoms with E-state index in [1.165, 1.54) is 13.2 Å². The van der Waals surface area contributed by atoms with Gasteiger partial charge in [-0.05, 0) is 17.7 Å². The van der Waals surface area contributed by atoms with E-state index >= 15 is 0 Å². The van der Waals surface area contributed by atoms with Gasteiger partial charge in [-0.25, -0.2) is 4.39 Å². The van der Waals surface area contributed by atoms with Gasteiger partial charge in [-0.2, -0.15) is 0 Å². The van der Waals surface area contributed by atoms with E-state index in [9.17, 15) is 4.39 Å². The molecule has 1 aliphatic heterocycles. The largest absolute Gasteiger partial charge is 0.494 e. The average Bonchev–Trinajstić information content (AvgIpc) is 2.31. The Balaban J connectivity index is 0.00000128. The molecule has 0 aromatic heterocycles. The lowest BCUT2D eigenvalue weighted by atomic mass is 10.1. The maximum atomic E-state index is 13.2. The highest BCUT2D eigenvalue weighted by Gasteiger charge is 2.16. The van der Waals surface area contributed by atoms with Crippen LogP contribution in [0.15, 0.2) is 18.2 Å². The summed E-state index contributed by atoms with van der Waals surface area (Å²) in [5.41, 5.74) is 0.993. The molecule has 0 radical (unpaired) electrons. The first-order valence-corrected chi connectivity index (χ1v) is 4.96. The number of morpholine rings is 1. The van der Waals surface area contributed by atoms with E-state index in [-0.39, 0.29) is 30.0 Å². The first-order chi connectivity index (χ1) is 7.31. The SMILES string of the molecule is COc1cc([C@@H]2COCCN2)ccc1F.Cl.